The highest BCUT2D eigenvalue weighted by Crippen LogP contribution is 2.36. The zero-order valence-electron chi connectivity index (χ0n) is 18.7. The van der Waals surface area contributed by atoms with Crippen LogP contribution in [-0.2, 0) is 22.2 Å². The van der Waals surface area contributed by atoms with E-state index >= 15 is 0 Å². The van der Waals surface area contributed by atoms with Crippen molar-refractivity contribution < 1.29 is 28.1 Å². The number of halogens is 1. The highest BCUT2D eigenvalue weighted by atomic mass is 32.2. The Morgan fingerprint density at radius 2 is 1.94 bits per heavy atom. The van der Waals surface area contributed by atoms with Crippen molar-refractivity contribution >= 4 is 16.9 Å². The number of aromatic nitrogens is 1. The van der Waals surface area contributed by atoms with Crippen LogP contribution in [0.1, 0.15) is 29.7 Å². The lowest BCUT2D eigenvalue weighted by Crippen LogP contribution is -2.45. The predicted molar refractivity (Wildman–Crippen MR) is 123 cm³/mol. The number of aryl methyl sites for hydroxylation is 1. The maximum atomic E-state index is 14.7. The lowest BCUT2D eigenvalue weighted by atomic mass is 9.90. The molecule has 3 aromatic rings. The fourth-order valence-electron chi connectivity index (χ4n) is 3.93. The average molecular weight is 486 g/mol. The van der Waals surface area contributed by atoms with Gasteiger partial charge in [-0.05, 0) is 67.8 Å². The van der Waals surface area contributed by atoms with E-state index in [9.17, 15) is 18.6 Å². The Bertz CT molecular complexity index is 1200. The third-order valence-electron chi connectivity index (χ3n) is 5.52. The quantitative estimate of drug-likeness (QED) is 0.390. The van der Waals surface area contributed by atoms with Gasteiger partial charge < -0.3 is 9.47 Å². The first-order valence-electron chi connectivity index (χ1n) is 10.7. The molecule has 2 aromatic carbocycles. The molecule has 0 saturated heterocycles. The van der Waals surface area contributed by atoms with E-state index in [1.54, 1.807) is 47.9 Å². The Morgan fingerprint density at radius 3 is 2.59 bits per heavy atom. The number of nitrogens with zero attached hydrogens (tertiary/aromatic N) is 2. The SMILES string of the molecule is CCOc1ccc(Oc2ccc(S(=O)N3CCc4c(C)ccc(F)c4C3C(=O)NO)cn2)cc1. The highest BCUT2D eigenvalue weighted by Gasteiger charge is 2.39. The second-order valence-corrected chi connectivity index (χ2v) is 9.05. The number of fused-ring (bicyclic) bond motifs is 1. The number of benzene rings is 2. The van der Waals surface area contributed by atoms with E-state index < -0.39 is 28.8 Å². The minimum Gasteiger partial charge on any atom is -0.494 e. The van der Waals surface area contributed by atoms with Crippen LogP contribution >= 0.6 is 0 Å². The van der Waals surface area contributed by atoms with Crippen LogP contribution < -0.4 is 15.0 Å². The molecule has 1 aliphatic rings. The van der Waals surface area contributed by atoms with Crippen LogP contribution in [0.3, 0.4) is 0 Å². The van der Waals surface area contributed by atoms with E-state index in [0.29, 0.717) is 35.1 Å². The van der Waals surface area contributed by atoms with Crippen LogP contribution in [-0.4, -0.2) is 37.8 Å². The number of carbonyl (C=O) groups is 1. The fraction of sp³-hybridized carbons (Fsp3) is 0.250. The van der Waals surface area contributed by atoms with Crippen molar-refractivity contribution in [2.75, 3.05) is 13.2 Å². The first-order valence-corrected chi connectivity index (χ1v) is 11.8. The van der Waals surface area contributed by atoms with Crippen molar-refractivity contribution in [3.8, 4) is 17.4 Å². The van der Waals surface area contributed by atoms with Gasteiger partial charge in [-0.15, -0.1) is 0 Å². The lowest BCUT2D eigenvalue weighted by Gasteiger charge is -2.35. The zero-order valence-corrected chi connectivity index (χ0v) is 19.5. The second kappa shape index (κ2) is 10.3. The molecule has 1 aromatic heterocycles. The molecule has 0 spiro atoms. The molecule has 34 heavy (non-hydrogen) atoms. The standard InChI is InChI=1S/C24H24FN3O5S/c1-3-32-16-5-7-17(8-6-16)33-21-11-9-18(14-26-21)34(31)28-13-12-19-15(2)4-10-20(25)22(19)23(28)24(29)27-30/h4-11,14,23,30H,3,12-13H2,1-2H3,(H,27,29). The molecule has 2 atom stereocenters. The van der Waals surface area contributed by atoms with Crippen LogP contribution in [0.4, 0.5) is 4.39 Å². The van der Waals surface area contributed by atoms with Crippen LogP contribution in [0, 0.1) is 12.7 Å². The zero-order chi connectivity index (χ0) is 24.2. The van der Waals surface area contributed by atoms with Gasteiger partial charge in [0, 0.05) is 24.4 Å². The van der Waals surface area contributed by atoms with Crippen molar-refractivity contribution in [2.24, 2.45) is 0 Å². The Balaban J connectivity index is 1.55. The maximum absolute atomic E-state index is 14.7. The normalized spacial score (nSPS) is 16.4. The van der Waals surface area contributed by atoms with Gasteiger partial charge in [-0.1, -0.05) is 6.07 Å². The number of hydrogen-bond donors (Lipinski definition) is 2. The summed E-state index contributed by atoms with van der Waals surface area (Å²) in [7, 11) is -1.84. The molecule has 2 N–H and O–H groups in total. The summed E-state index contributed by atoms with van der Waals surface area (Å²) >= 11 is 0. The molecule has 0 fully saturated rings. The molecule has 2 heterocycles. The number of amides is 1. The minimum atomic E-state index is -1.84. The summed E-state index contributed by atoms with van der Waals surface area (Å²) in [6.07, 6.45) is 1.79. The van der Waals surface area contributed by atoms with Crippen molar-refractivity contribution in [2.45, 2.75) is 31.2 Å². The Morgan fingerprint density at radius 1 is 1.21 bits per heavy atom. The van der Waals surface area contributed by atoms with Crippen LogP contribution in [0.15, 0.2) is 59.6 Å². The molecular weight excluding hydrogens is 461 g/mol. The molecular formula is C24H24FN3O5S. The van der Waals surface area contributed by atoms with Gasteiger partial charge in [-0.2, -0.15) is 0 Å². The van der Waals surface area contributed by atoms with E-state index in [1.807, 2.05) is 13.8 Å². The molecule has 4 rings (SSSR count). The average Bonchev–Trinajstić information content (AvgIpc) is 2.86. The minimum absolute atomic E-state index is 0.120. The van der Waals surface area contributed by atoms with Crippen molar-refractivity contribution in [1.82, 2.24) is 14.8 Å². The van der Waals surface area contributed by atoms with Crippen molar-refractivity contribution in [1.29, 1.82) is 0 Å². The fourth-order valence-corrected chi connectivity index (χ4v) is 5.17. The monoisotopic (exact) mass is 485 g/mol. The third kappa shape index (κ3) is 4.79. The summed E-state index contributed by atoms with van der Waals surface area (Å²) in [6, 6.07) is 11.9. The third-order valence-corrected chi connectivity index (χ3v) is 6.99. The molecule has 0 bridgehead atoms. The van der Waals surface area contributed by atoms with E-state index in [4.69, 9.17) is 9.47 Å². The first-order chi connectivity index (χ1) is 16.4. The Kier molecular flexibility index (Phi) is 7.20. The molecule has 10 heteroatoms. The van der Waals surface area contributed by atoms with Gasteiger partial charge >= 0.3 is 0 Å². The van der Waals surface area contributed by atoms with Crippen LogP contribution in [0.2, 0.25) is 0 Å². The number of nitrogens with one attached hydrogen (secondary N) is 1. The van der Waals surface area contributed by atoms with Gasteiger partial charge in [0.1, 0.15) is 34.3 Å². The van der Waals surface area contributed by atoms with Gasteiger partial charge in [0.15, 0.2) is 0 Å². The summed E-state index contributed by atoms with van der Waals surface area (Å²) in [4.78, 5) is 17.0. The molecule has 0 saturated carbocycles. The number of ether oxygens (including phenoxy) is 2. The molecule has 1 aliphatic heterocycles. The first kappa shape index (κ1) is 23.8. The molecule has 8 nitrogen and oxygen atoms in total. The maximum Gasteiger partial charge on any atom is 0.266 e. The summed E-state index contributed by atoms with van der Waals surface area (Å²) in [6.45, 7) is 4.52. The topological polar surface area (TPSA) is 101 Å². The van der Waals surface area contributed by atoms with Crippen molar-refractivity contribution in [3.63, 3.8) is 0 Å². The largest absolute Gasteiger partial charge is 0.494 e. The Labute approximate surface area is 198 Å². The van der Waals surface area contributed by atoms with E-state index in [1.165, 1.54) is 16.6 Å². The summed E-state index contributed by atoms with van der Waals surface area (Å²) in [5.41, 5.74) is 3.21. The van der Waals surface area contributed by atoms with Crippen molar-refractivity contribution in [3.05, 3.63) is 77.2 Å². The molecule has 178 valence electrons. The van der Waals surface area contributed by atoms with Crippen LogP contribution in [0.5, 0.6) is 17.4 Å². The van der Waals surface area contributed by atoms with E-state index in [2.05, 4.69) is 4.98 Å². The van der Waals surface area contributed by atoms with Crippen LogP contribution in [0.25, 0.3) is 0 Å². The van der Waals surface area contributed by atoms with E-state index in [-0.39, 0.29) is 12.1 Å². The molecule has 0 radical (unpaired) electrons. The highest BCUT2D eigenvalue weighted by molar-refractivity contribution is 7.82. The number of rotatable bonds is 7. The van der Waals surface area contributed by atoms with Gasteiger partial charge in [0.25, 0.3) is 5.91 Å². The smallest absolute Gasteiger partial charge is 0.266 e. The summed E-state index contributed by atoms with van der Waals surface area (Å²) < 4.78 is 40.6. The number of hydrogen-bond acceptors (Lipinski definition) is 6. The molecule has 0 aliphatic carbocycles. The van der Waals surface area contributed by atoms with Gasteiger partial charge in [0.2, 0.25) is 5.88 Å². The molecule has 1 amide bonds. The van der Waals surface area contributed by atoms with Gasteiger partial charge in [-0.25, -0.2) is 23.4 Å². The van der Waals surface area contributed by atoms with Gasteiger partial charge in [0.05, 0.1) is 11.5 Å². The second-order valence-electron chi connectivity index (χ2n) is 7.61. The molecule has 2 unspecified atom stereocenters. The van der Waals surface area contributed by atoms with Gasteiger partial charge in [-0.3, -0.25) is 10.0 Å². The summed E-state index contributed by atoms with van der Waals surface area (Å²) in [5, 5.41) is 9.28. The Hall–Kier alpha value is -3.34. The van der Waals surface area contributed by atoms with E-state index in [0.717, 1.165) is 11.3 Å². The number of carbonyl (C=O) groups excluding carboxylic acids is 1. The number of hydroxylamine groups is 1. The summed E-state index contributed by atoms with van der Waals surface area (Å²) in [5.74, 6) is 0.128. The predicted octanol–water partition coefficient (Wildman–Crippen LogP) is 3.85. The lowest BCUT2D eigenvalue weighted by molar-refractivity contribution is -0.133. The number of pyridine rings is 1.